The summed E-state index contributed by atoms with van der Waals surface area (Å²) in [4.78, 5) is 12.1. The zero-order valence-electron chi connectivity index (χ0n) is 15.1. The number of anilines is 1. The van der Waals surface area contributed by atoms with Gasteiger partial charge < -0.3 is 9.47 Å². The van der Waals surface area contributed by atoms with Crippen molar-refractivity contribution in [3.8, 4) is 22.1 Å². The van der Waals surface area contributed by atoms with Gasteiger partial charge in [0.1, 0.15) is 16.5 Å². The summed E-state index contributed by atoms with van der Waals surface area (Å²) in [5.41, 5.74) is 2.71. The zero-order chi connectivity index (χ0) is 19.4. The van der Waals surface area contributed by atoms with Crippen LogP contribution < -0.4 is 14.8 Å². The highest BCUT2D eigenvalue weighted by Crippen LogP contribution is 2.28. The number of methoxy groups -OCH3 is 1. The highest BCUT2D eigenvalue weighted by molar-refractivity contribution is 7.18. The first-order valence-electron chi connectivity index (χ1n) is 8.13. The first-order chi connectivity index (χ1) is 13.0. The maximum atomic E-state index is 12.1. The summed E-state index contributed by atoms with van der Waals surface area (Å²) in [5.74, 6) is 1.06. The van der Waals surface area contributed by atoms with Crippen LogP contribution in [0, 0.1) is 13.8 Å². The molecule has 0 aliphatic rings. The van der Waals surface area contributed by atoms with Crippen LogP contribution in [-0.2, 0) is 4.79 Å². The van der Waals surface area contributed by atoms with E-state index in [1.165, 1.54) is 11.3 Å². The number of halogens is 1. The van der Waals surface area contributed by atoms with E-state index < -0.39 is 0 Å². The van der Waals surface area contributed by atoms with Gasteiger partial charge in [-0.05, 0) is 61.4 Å². The SMILES string of the molecule is COc1ccc(-c2nnc(NC(=O)COc3cc(C)c(Cl)c(C)c3)s2)cc1. The number of nitrogens with one attached hydrogen (secondary N) is 1. The topological polar surface area (TPSA) is 73.3 Å². The zero-order valence-corrected chi connectivity index (χ0v) is 16.6. The fraction of sp³-hybridized carbons (Fsp3) is 0.211. The number of rotatable bonds is 6. The molecule has 2 aromatic carbocycles. The highest BCUT2D eigenvalue weighted by Gasteiger charge is 2.11. The van der Waals surface area contributed by atoms with Crippen molar-refractivity contribution in [3.05, 3.63) is 52.5 Å². The van der Waals surface area contributed by atoms with E-state index in [-0.39, 0.29) is 12.5 Å². The summed E-state index contributed by atoms with van der Waals surface area (Å²) in [6.07, 6.45) is 0. The van der Waals surface area contributed by atoms with Gasteiger partial charge in [0.15, 0.2) is 6.61 Å². The minimum Gasteiger partial charge on any atom is -0.497 e. The monoisotopic (exact) mass is 403 g/mol. The van der Waals surface area contributed by atoms with E-state index in [1.54, 1.807) is 19.2 Å². The Morgan fingerprint density at radius 1 is 1.11 bits per heavy atom. The number of amides is 1. The van der Waals surface area contributed by atoms with Gasteiger partial charge in [-0.25, -0.2) is 0 Å². The second-order valence-corrected chi connectivity index (χ2v) is 7.20. The molecule has 0 unspecified atom stereocenters. The van der Waals surface area contributed by atoms with Crippen LogP contribution in [0.2, 0.25) is 5.02 Å². The molecular weight excluding hydrogens is 386 g/mol. The molecule has 0 saturated carbocycles. The van der Waals surface area contributed by atoms with Crippen LogP contribution in [0.25, 0.3) is 10.6 Å². The van der Waals surface area contributed by atoms with Crippen molar-refractivity contribution in [1.82, 2.24) is 10.2 Å². The van der Waals surface area contributed by atoms with E-state index in [9.17, 15) is 4.79 Å². The van der Waals surface area contributed by atoms with Crippen molar-refractivity contribution < 1.29 is 14.3 Å². The van der Waals surface area contributed by atoms with E-state index in [4.69, 9.17) is 21.1 Å². The highest BCUT2D eigenvalue weighted by atomic mass is 35.5. The molecule has 1 N–H and O–H groups in total. The lowest BCUT2D eigenvalue weighted by Crippen LogP contribution is -2.20. The first-order valence-corrected chi connectivity index (χ1v) is 9.33. The maximum Gasteiger partial charge on any atom is 0.264 e. The minimum absolute atomic E-state index is 0.127. The van der Waals surface area contributed by atoms with Crippen molar-refractivity contribution in [3.63, 3.8) is 0 Å². The molecule has 6 nitrogen and oxygen atoms in total. The quantitative estimate of drug-likeness (QED) is 0.655. The second-order valence-electron chi connectivity index (χ2n) is 5.85. The maximum absolute atomic E-state index is 12.1. The number of aryl methyl sites for hydroxylation is 2. The molecule has 27 heavy (non-hydrogen) atoms. The van der Waals surface area contributed by atoms with E-state index >= 15 is 0 Å². The van der Waals surface area contributed by atoms with Crippen molar-refractivity contribution in [2.75, 3.05) is 19.0 Å². The number of carbonyl (C=O) groups excluding carboxylic acids is 1. The van der Waals surface area contributed by atoms with Gasteiger partial charge in [-0.15, -0.1) is 10.2 Å². The molecule has 8 heteroatoms. The number of hydrogen-bond acceptors (Lipinski definition) is 6. The summed E-state index contributed by atoms with van der Waals surface area (Å²) in [7, 11) is 1.61. The molecule has 0 bridgehead atoms. The first kappa shape index (κ1) is 19.1. The fourth-order valence-corrected chi connectivity index (χ4v) is 3.29. The Hall–Kier alpha value is -2.64. The lowest BCUT2D eigenvalue weighted by atomic mass is 10.1. The Balaban J connectivity index is 1.59. The van der Waals surface area contributed by atoms with Crippen LogP contribution in [0.1, 0.15) is 11.1 Å². The van der Waals surface area contributed by atoms with Crippen LogP contribution >= 0.6 is 22.9 Å². The van der Waals surface area contributed by atoms with Crippen molar-refractivity contribution in [2.24, 2.45) is 0 Å². The molecule has 1 heterocycles. The minimum atomic E-state index is -0.308. The average molecular weight is 404 g/mol. The van der Waals surface area contributed by atoms with E-state index in [0.717, 1.165) is 22.4 Å². The molecule has 0 atom stereocenters. The van der Waals surface area contributed by atoms with Crippen molar-refractivity contribution in [1.29, 1.82) is 0 Å². The third-order valence-electron chi connectivity index (χ3n) is 3.79. The summed E-state index contributed by atoms with van der Waals surface area (Å²) in [5, 5.41) is 12.6. The molecule has 0 radical (unpaired) electrons. The van der Waals surface area contributed by atoms with Crippen LogP contribution in [0.3, 0.4) is 0 Å². The van der Waals surface area contributed by atoms with E-state index in [2.05, 4.69) is 15.5 Å². The molecule has 0 aliphatic heterocycles. The largest absolute Gasteiger partial charge is 0.497 e. The average Bonchev–Trinajstić information content (AvgIpc) is 3.12. The molecule has 140 valence electrons. The van der Waals surface area contributed by atoms with Crippen LogP contribution in [0.5, 0.6) is 11.5 Å². The van der Waals surface area contributed by atoms with Crippen molar-refractivity contribution >= 4 is 34.0 Å². The molecule has 1 amide bonds. The molecule has 3 aromatic rings. The predicted octanol–water partition coefficient (Wildman–Crippen LogP) is 4.50. The van der Waals surface area contributed by atoms with Crippen LogP contribution in [0.15, 0.2) is 36.4 Å². The number of ether oxygens (including phenoxy) is 2. The van der Waals surface area contributed by atoms with Gasteiger partial charge in [-0.1, -0.05) is 22.9 Å². The van der Waals surface area contributed by atoms with Crippen LogP contribution in [0.4, 0.5) is 5.13 Å². The van der Waals surface area contributed by atoms with Gasteiger partial charge in [0.2, 0.25) is 5.13 Å². The summed E-state index contributed by atoms with van der Waals surface area (Å²) >= 11 is 7.42. The van der Waals surface area contributed by atoms with Gasteiger partial charge in [-0.2, -0.15) is 0 Å². The summed E-state index contributed by atoms with van der Waals surface area (Å²) < 4.78 is 10.7. The predicted molar refractivity (Wildman–Crippen MR) is 107 cm³/mol. The Morgan fingerprint density at radius 2 is 1.78 bits per heavy atom. The smallest absolute Gasteiger partial charge is 0.264 e. The molecule has 0 fully saturated rings. The van der Waals surface area contributed by atoms with Gasteiger partial charge in [-0.3, -0.25) is 10.1 Å². The summed E-state index contributed by atoms with van der Waals surface area (Å²) in [6, 6.07) is 11.1. The standard InChI is InChI=1S/C19H18ClN3O3S/c1-11-8-15(9-12(2)17(11)20)26-10-16(24)21-19-23-22-18(27-19)13-4-6-14(25-3)7-5-13/h4-9H,10H2,1-3H3,(H,21,23,24). The van der Waals surface area contributed by atoms with Crippen LogP contribution in [-0.4, -0.2) is 29.8 Å². The van der Waals surface area contributed by atoms with Crippen molar-refractivity contribution in [2.45, 2.75) is 13.8 Å². The molecule has 3 rings (SSSR count). The lowest BCUT2D eigenvalue weighted by molar-refractivity contribution is -0.118. The van der Waals surface area contributed by atoms with Gasteiger partial charge in [0, 0.05) is 10.6 Å². The Labute approximate surface area is 166 Å². The number of nitrogens with zero attached hydrogens (tertiary/aromatic N) is 2. The molecule has 0 aliphatic carbocycles. The number of benzene rings is 2. The fourth-order valence-electron chi connectivity index (χ4n) is 2.42. The Bertz CT molecular complexity index is 934. The van der Waals surface area contributed by atoms with E-state index in [1.807, 2.05) is 38.1 Å². The van der Waals surface area contributed by atoms with Gasteiger partial charge in [0.05, 0.1) is 7.11 Å². The number of aromatic nitrogens is 2. The molecular formula is C19H18ClN3O3S. The summed E-state index contributed by atoms with van der Waals surface area (Å²) in [6.45, 7) is 3.66. The molecule has 0 saturated heterocycles. The van der Waals surface area contributed by atoms with E-state index in [0.29, 0.717) is 20.9 Å². The number of carbonyl (C=O) groups is 1. The lowest BCUT2D eigenvalue weighted by Gasteiger charge is -2.09. The second kappa shape index (κ2) is 8.37. The third-order valence-corrected chi connectivity index (χ3v) is 5.27. The third kappa shape index (κ3) is 4.75. The molecule has 1 aromatic heterocycles. The Morgan fingerprint density at radius 3 is 2.41 bits per heavy atom. The molecule has 0 spiro atoms. The van der Waals surface area contributed by atoms with Gasteiger partial charge in [0.25, 0.3) is 5.91 Å². The van der Waals surface area contributed by atoms with Gasteiger partial charge >= 0.3 is 0 Å². The normalized spacial score (nSPS) is 10.5. The Kier molecular flexibility index (Phi) is 5.93. The number of hydrogen-bond donors (Lipinski definition) is 1.